The number of nitrogens with zero attached hydrogens (tertiary/aromatic N) is 4. The van der Waals surface area contributed by atoms with E-state index in [0.29, 0.717) is 0 Å². The molecule has 0 radical (unpaired) electrons. The van der Waals surface area contributed by atoms with Crippen molar-refractivity contribution in [3.63, 3.8) is 0 Å². The van der Waals surface area contributed by atoms with E-state index in [4.69, 9.17) is 0 Å². The van der Waals surface area contributed by atoms with Crippen LogP contribution in [-0.4, -0.2) is 57.1 Å². The molecular formula is C14H16F3N5O3. The van der Waals surface area contributed by atoms with Crippen LogP contribution in [0.3, 0.4) is 0 Å². The van der Waals surface area contributed by atoms with Crippen molar-refractivity contribution in [2.24, 2.45) is 0 Å². The number of hydrogen-bond acceptors (Lipinski definition) is 4. The number of hydrogen-bond donors (Lipinski definition) is 1. The van der Waals surface area contributed by atoms with Crippen LogP contribution in [0.4, 0.5) is 23.8 Å². The first-order valence-corrected chi connectivity index (χ1v) is 7.55. The van der Waals surface area contributed by atoms with E-state index in [2.05, 4.69) is 10.3 Å². The monoisotopic (exact) mass is 359 g/mol. The molecule has 3 rings (SSSR count). The highest BCUT2D eigenvalue weighted by Gasteiger charge is 2.52. The van der Waals surface area contributed by atoms with Crippen molar-refractivity contribution in [2.75, 3.05) is 18.0 Å². The number of anilines is 1. The molecule has 2 aliphatic rings. The van der Waals surface area contributed by atoms with Gasteiger partial charge in [-0.2, -0.15) is 13.2 Å². The van der Waals surface area contributed by atoms with Crippen molar-refractivity contribution >= 4 is 23.7 Å². The standard InChI is InChI=1S/C14H16F3N5O3/c1-8-18-9(6-20(8)7-14(15,16)17)21-3-4-22-12(25)19-10(23)5-13(22,2)11(21)24/h6H,3-5,7H2,1-2H3,(H,19,23,25)/t13-/m0/s1. The molecule has 0 aromatic carbocycles. The summed E-state index contributed by atoms with van der Waals surface area (Å²) in [6.07, 6.45) is -3.47. The minimum Gasteiger partial charge on any atom is -0.324 e. The zero-order valence-corrected chi connectivity index (χ0v) is 13.6. The number of carbonyl (C=O) groups is 3. The molecule has 0 unspecified atom stereocenters. The number of aryl methyl sites for hydroxylation is 1. The third-order valence-electron chi connectivity index (χ3n) is 4.43. The van der Waals surface area contributed by atoms with Gasteiger partial charge in [-0.25, -0.2) is 9.78 Å². The molecule has 8 nitrogen and oxygen atoms in total. The summed E-state index contributed by atoms with van der Waals surface area (Å²) in [6, 6.07) is -0.648. The fourth-order valence-electron chi connectivity index (χ4n) is 3.19. The van der Waals surface area contributed by atoms with E-state index in [1.54, 1.807) is 0 Å². The zero-order chi connectivity index (χ0) is 18.6. The Morgan fingerprint density at radius 1 is 1.28 bits per heavy atom. The summed E-state index contributed by atoms with van der Waals surface area (Å²) in [7, 11) is 0. The molecule has 1 aromatic heterocycles. The maximum absolute atomic E-state index is 12.9. The Kier molecular flexibility index (Phi) is 3.77. The number of imide groups is 1. The molecule has 0 bridgehead atoms. The Morgan fingerprint density at radius 2 is 1.96 bits per heavy atom. The lowest BCUT2D eigenvalue weighted by Crippen LogP contribution is -2.72. The minimum absolute atomic E-state index is 0.0751. The molecular weight excluding hydrogens is 343 g/mol. The summed E-state index contributed by atoms with van der Waals surface area (Å²) in [5, 5.41) is 2.15. The van der Waals surface area contributed by atoms with Crippen molar-refractivity contribution in [1.29, 1.82) is 0 Å². The van der Waals surface area contributed by atoms with Gasteiger partial charge in [-0.3, -0.25) is 19.8 Å². The molecule has 2 aliphatic heterocycles. The lowest BCUT2D eigenvalue weighted by Gasteiger charge is -2.48. The fourth-order valence-corrected chi connectivity index (χ4v) is 3.19. The highest BCUT2D eigenvalue weighted by molar-refractivity contribution is 6.09. The molecule has 11 heteroatoms. The van der Waals surface area contributed by atoms with Gasteiger partial charge in [0, 0.05) is 19.3 Å². The average molecular weight is 359 g/mol. The number of piperazine rings is 1. The molecule has 4 amide bonds. The van der Waals surface area contributed by atoms with Gasteiger partial charge in [0.05, 0.1) is 6.42 Å². The normalized spacial score (nSPS) is 24.4. The molecule has 25 heavy (non-hydrogen) atoms. The third-order valence-corrected chi connectivity index (χ3v) is 4.43. The lowest BCUT2D eigenvalue weighted by molar-refractivity contribution is -0.141. The van der Waals surface area contributed by atoms with Gasteiger partial charge >= 0.3 is 12.2 Å². The topological polar surface area (TPSA) is 87.5 Å². The van der Waals surface area contributed by atoms with E-state index in [0.717, 1.165) is 10.8 Å². The number of nitrogens with one attached hydrogen (secondary N) is 1. The van der Waals surface area contributed by atoms with Gasteiger partial charge in [-0.05, 0) is 13.8 Å². The highest BCUT2D eigenvalue weighted by Crippen LogP contribution is 2.32. The SMILES string of the molecule is Cc1nc(N2CCN3C(=O)NC(=O)C[C@@]3(C)C2=O)cn1CC(F)(F)F. The Morgan fingerprint density at radius 3 is 2.60 bits per heavy atom. The molecule has 0 spiro atoms. The summed E-state index contributed by atoms with van der Waals surface area (Å²) >= 11 is 0. The van der Waals surface area contributed by atoms with Crippen LogP contribution in [0.1, 0.15) is 19.2 Å². The fraction of sp³-hybridized carbons (Fsp3) is 0.571. The predicted molar refractivity (Wildman–Crippen MR) is 78.6 cm³/mol. The lowest BCUT2D eigenvalue weighted by atomic mass is 9.89. The molecule has 136 valence electrons. The largest absolute Gasteiger partial charge is 0.406 e. The molecule has 2 saturated heterocycles. The zero-order valence-electron chi connectivity index (χ0n) is 13.6. The van der Waals surface area contributed by atoms with Crippen molar-refractivity contribution < 1.29 is 27.6 Å². The van der Waals surface area contributed by atoms with Crippen LogP contribution < -0.4 is 10.2 Å². The maximum Gasteiger partial charge on any atom is 0.406 e. The second-order valence-electron chi connectivity index (χ2n) is 6.30. The number of carbonyl (C=O) groups excluding carboxylic acids is 3. The number of aromatic nitrogens is 2. The van der Waals surface area contributed by atoms with Crippen LogP contribution in [0, 0.1) is 6.92 Å². The number of alkyl halides is 3. The van der Waals surface area contributed by atoms with Crippen LogP contribution in [0.5, 0.6) is 0 Å². The Labute approximate surface area is 140 Å². The highest BCUT2D eigenvalue weighted by atomic mass is 19.4. The molecule has 2 fully saturated rings. The summed E-state index contributed by atoms with van der Waals surface area (Å²) in [5.74, 6) is -0.924. The summed E-state index contributed by atoms with van der Waals surface area (Å²) < 4.78 is 38.7. The van der Waals surface area contributed by atoms with Crippen molar-refractivity contribution in [2.45, 2.75) is 38.5 Å². The van der Waals surface area contributed by atoms with Crippen LogP contribution in [0.25, 0.3) is 0 Å². The Hall–Kier alpha value is -2.59. The van der Waals surface area contributed by atoms with Crippen LogP contribution in [0.2, 0.25) is 0 Å². The van der Waals surface area contributed by atoms with Crippen LogP contribution in [-0.2, 0) is 16.1 Å². The van der Waals surface area contributed by atoms with Crippen molar-refractivity contribution in [3.05, 3.63) is 12.0 Å². The molecule has 3 heterocycles. The summed E-state index contributed by atoms with van der Waals surface area (Å²) in [6.45, 7) is 1.90. The molecule has 0 saturated carbocycles. The second kappa shape index (κ2) is 5.46. The van der Waals surface area contributed by atoms with E-state index >= 15 is 0 Å². The van der Waals surface area contributed by atoms with Gasteiger partial charge < -0.3 is 9.47 Å². The number of halogens is 3. The van der Waals surface area contributed by atoms with Gasteiger partial charge in [0.15, 0.2) is 5.82 Å². The number of imidazole rings is 1. The predicted octanol–water partition coefficient (Wildman–Crippen LogP) is 0.801. The van der Waals surface area contributed by atoms with E-state index in [9.17, 15) is 27.6 Å². The molecule has 1 atom stereocenters. The first-order chi connectivity index (χ1) is 11.5. The summed E-state index contributed by atoms with van der Waals surface area (Å²) in [5.41, 5.74) is -1.38. The summed E-state index contributed by atoms with van der Waals surface area (Å²) in [4.78, 5) is 43.0. The average Bonchev–Trinajstić information content (AvgIpc) is 2.79. The Balaban J connectivity index is 1.90. The third kappa shape index (κ3) is 2.94. The molecule has 1 N–H and O–H groups in total. The number of fused-ring (bicyclic) bond motifs is 1. The van der Waals surface area contributed by atoms with Gasteiger partial charge in [0.25, 0.3) is 5.91 Å². The van der Waals surface area contributed by atoms with Crippen LogP contribution >= 0.6 is 0 Å². The Bertz CT molecular complexity index is 759. The van der Waals surface area contributed by atoms with Gasteiger partial charge in [-0.15, -0.1) is 0 Å². The van der Waals surface area contributed by atoms with Crippen LogP contribution in [0.15, 0.2) is 6.20 Å². The first-order valence-electron chi connectivity index (χ1n) is 7.55. The van der Waals surface area contributed by atoms with Crippen molar-refractivity contribution in [1.82, 2.24) is 19.8 Å². The molecule has 0 aliphatic carbocycles. The number of rotatable bonds is 2. The number of amides is 4. The smallest absolute Gasteiger partial charge is 0.324 e. The molecule has 1 aromatic rings. The van der Waals surface area contributed by atoms with Gasteiger partial charge in [0.2, 0.25) is 5.91 Å². The van der Waals surface area contributed by atoms with E-state index in [-0.39, 0.29) is 31.2 Å². The maximum atomic E-state index is 12.9. The first kappa shape index (κ1) is 17.2. The van der Waals surface area contributed by atoms with E-state index in [1.807, 2.05) is 0 Å². The van der Waals surface area contributed by atoms with Gasteiger partial charge in [-0.1, -0.05) is 0 Å². The van der Waals surface area contributed by atoms with Gasteiger partial charge in [0.1, 0.15) is 17.9 Å². The van der Waals surface area contributed by atoms with E-state index < -0.39 is 36.1 Å². The van der Waals surface area contributed by atoms with E-state index in [1.165, 1.54) is 23.6 Å². The minimum atomic E-state index is -4.41. The second-order valence-corrected chi connectivity index (χ2v) is 6.30. The number of urea groups is 1. The van der Waals surface area contributed by atoms with Crippen molar-refractivity contribution in [3.8, 4) is 0 Å². The quantitative estimate of drug-likeness (QED) is 0.846.